The Hall–Kier alpha value is -1.26. The lowest BCUT2D eigenvalue weighted by Gasteiger charge is -2.07. The van der Waals surface area contributed by atoms with Crippen molar-refractivity contribution in [2.45, 2.75) is 14.7 Å². The van der Waals surface area contributed by atoms with Crippen LogP contribution < -0.4 is 0 Å². The van der Waals surface area contributed by atoms with Gasteiger partial charge in [0.25, 0.3) is 0 Å². The Labute approximate surface area is 144 Å². The van der Waals surface area contributed by atoms with Crippen LogP contribution in [0.25, 0.3) is 0 Å². The smallest absolute Gasteiger partial charge is 0.166 e. The SMILES string of the molecule is [Mg].[OH-].c1ccc([S+](c2ccccc2)c2ccccc2)cc1. The van der Waals surface area contributed by atoms with E-state index in [1.165, 1.54) is 14.7 Å². The number of hydrogen-bond donors (Lipinski definition) is 0. The largest absolute Gasteiger partial charge is 0.870 e. The molecule has 3 rings (SSSR count). The molecule has 0 fully saturated rings. The van der Waals surface area contributed by atoms with E-state index < -0.39 is 0 Å². The van der Waals surface area contributed by atoms with Gasteiger partial charge in [0, 0.05) is 23.1 Å². The molecule has 0 saturated heterocycles. The first-order chi connectivity index (χ1) is 9.45. The highest BCUT2D eigenvalue weighted by Gasteiger charge is 2.27. The fourth-order valence-corrected chi connectivity index (χ4v) is 4.18. The fraction of sp³-hybridized carbons (Fsp3) is 0. The summed E-state index contributed by atoms with van der Waals surface area (Å²) in [6, 6.07) is 32.2. The van der Waals surface area contributed by atoms with Crippen LogP contribution in [-0.4, -0.2) is 28.5 Å². The van der Waals surface area contributed by atoms with Crippen molar-refractivity contribution >= 4 is 33.9 Å². The van der Waals surface area contributed by atoms with Crippen LogP contribution in [-0.2, 0) is 10.9 Å². The quantitative estimate of drug-likeness (QED) is 0.526. The van der Waals surface area contributed by atoms with Crippen molar-refractivity contribution in [3.8, 4) is 0 Å². The summed E-state index contributed by atoms with van der Waals surface area (Å²) in [5.74, 6) is 0. The summed E-state index contributed by atoms with van der Waals surface area (Å²) in [7, 11) is -0.0146. The summed E-state index contributed by atoms with van der Waals surface area (Å²) in [6.45, 7) is 0. The second-order valence-electron chi connectivity index (χ2n) is 4.25. The lowest BCUT2D eigenvalue weighted by Crippen LogP contribution is -2.04. The molecule has 0 saturated carbocycles. The van der Waals surface area contributed by atoms with Crippen molar-refractivity contribution in [1.29, 1.82) is 0 Å². The van der Waals surface area contributed by atoms with E-state index in [1.54, 1.807) is 0 Å². The van der Waals surface area contributed by atoms with E-state index >= 15 is 0 Å². The summed E-state index contributed by atoms with van der Waals surface area (Å²) in [5, 5.41) is 0. The maximum Gasteiger partial charge on any atom is 0.166 e. The molecule has 0 heterocycles. The van der Waals surface area contributed by atoms with Gasteiger partial charge in [0.05, 0.1) is 10.9 Å². The highest BCUT2D eigenvalue weighted by atomic mass is 32.2. The zero-order valence-corrected chi connectivity index (χ0v) is 14.0. The molecule has 0 bridgehead atoms. The molecule has 0 amide bonds. The van der Waals surface area contributed by atoms with Crippen LogP contribution in [0, 0.1) is 0 Å². The van der Waals surface area contributed by atoms with E-state index in [9.17, 15) is 0 Å². The molecule has 0 aliphatic carbocycles. The Morgan fingerprint density at radius 1 is 0.429 bits per heavy atom. The molecule has 2 radical (unpaired) electrons. The van der Waals surface area contributed by atoms with Crippen LogP contribution in [0.2, 0.25) is 0 Å². The lowest BCUT2D eigenvalue weighted by molar-refractivity contribution is 0.824. The van der Waals surface area contributed by atoms with Crippen LogP contribution in [0.3, 0.4) is 0 Å². The molecule has 102 valence electrons. The predicted molar refractivity (Wildman–Crippen MR) is 89.2 cm³/mol. The minimum atomic E-state index is -0.0146. The molecular weight excluding hydrogens is 289 g/mol. The van der Waals surface area contributed by atoms with E-state index in [0.717, 1.165) is 0 Å². The molecule has 0 aliphatic heterocycles. The lowest BCUT2D eigenvalue weighted by atomic mass is 10.4. The molecule has 3 aromatic rings. The Kier molecular flexibility index (Phi) is 7.54. The average Bonchev–Trinajstić information content (AvgIpc) is 2.51. The van der Waals surface area contributed by atoms with E-state index in [1.807, 2.05) is 0 Å². The van der Waals surface area contributed by atoms with Gasteiger partial charge in [0.1, 0.15) is 0 Å². The average molecular weight is 305 g/mol. The maximum absolute atomic E-state index is 2.21. The molecular formula is C18H16MgOS. The van der Waals surface area contributed by atoms with Crippen molar-refractivity contribution in [1.82, 2.24) is 0 Å². The predicted octanol–water partition coefficient (Wildman–Crippen LogP) is 4.22. The van der Waals surface area contributed by atoms with E-state index in [2.05, 4.69) is 91.0 Å². The van der Waals surface area contributed by atoms with Gasteiger partial charge >= 0.3 is 0 Å². The summed E-state index contributed by atoms with van der Waals surface area (Å²) in [6.07, 6.45) is 0. The number of rotatable bonds is 3. The van der Waals surface area contributed by atoms with Crippen LogP contribution in [0.1, 0.15) is 0 Å². The van der Waals surface area contributed by atoms with Gasteiger partial charge in [-0.25, -0.2) is 0 Å². The third-order valence-corrected chi connectivity index (χ3v) is 5.17. The summed E-state index contributed by atoms with van der Waals surface area (Å²) in [5.41, 5.74) is 0. The summed E-state index contributed by atoms with van der Waals surface area (Å²) >= 11 is 0. The topological polar surface area (TPSA) is 30.0 Å². The van der Waals surface area contributed by atoms with Crippen molar-refractivity contribution in [2.75, 3.05) is 0 Å². The Balaban J connectivity index is 0.00000110. The number of benzene rings is 3. The number of hydrogen-bond acceptors (Lipinski definition) is 1. The normalized spacial score (nSPS) is 9.57. The molecule has 0 aliphatic rings. The molecule has 21 heavy (non-hydrogen) atoms. The minimum absolute atomic E-state index is 0. The highest BCUT2D eigenvalue weighted by molar-refractivity contribution is 7.97. The van der Waals surface area contributed by atoms with Gasteiger partial charge in [-0.05, 0) is 36.4 Å². The molecule has 1 nitrogen and oxygen atoms in total. The van der Waals surface area contributed by atoms with E-state index in [4.69, 9.17) is 0 Å². The van der Waals surface area contributed by atoms with Crippen LogP contribution in [0.15, 0.2) is 106 Å². The van der Waals surface area contributed by atoms with Crippen molar-refractivity contribution in [2.24, 2.45) is 0 Å². The Morgan fingerprint density at radius 3 is 0.905 bits per heavy atom. The van der Waals surface area contributed by atoms with Gasteiger partial charge in [0.2, 0.25) is 0 Å². The van der Waals surface area contributed by atoms with Crippen molar-refractivity contribution < 1.29 is 5.48 Å². The molecule has 0 unspecified atom stereocenters. The van der Waals surface area contributed by atoms with Gasteiger partial charge in [-0.1, -0.05) is 54.6 Å². The molecule has 0 aromatic heterocycles. The van der Waals surface area contributed by atoms with Crippen LogP contribution >= 0.6 is 0 Å². The zero-order chi connectivity index (χ0) is 12.9. The Morgan fingerprint density at radius 2 is 0.667 bits per heavy atom. The van der Waals surface area contributed by atoms with Crippen LogP contribution in [0.5, 0.6) is 0 Å². The zero-order valence-electron chi connectivity index (χ0n) is 11.7. The first-order valence-electron chi connectivity index (χ1n) is 6.34. The highest BCUT2D eigenvalue weighted by Crippen LogP contribution is 2.30. The summed E-state index contributed by atoms with van der Waals surface area (Å²) in [4.78, 5) is 4.08. The molecule has 3 heteroatoms. The van der Waals surface area contributed by atoms with E-state index in [-0.39, 0.29) is 39.4 Å². The fourth-order valence-electron chi connectivity index (χ4n) is 2.08. The maximum atomic E-state index is 2.21. The molecule has 0 spiro atoms. The molecule has 0 atom stereocenters. The van der Waals surface area contributed by atoms with Gasteiger partial charge in [0.15, 0.2) is 14.7 Å². The van der Waals surface area contributed by atoms with Gasteiger partial charge in [-0.3, -0.25) is 0 Å². The van der Waals surface area contributed by atoms with Crippen molar-refractivity contribution in [3.05, 3.63) is 91.0 Å². The second kappa shape index (κ2) is 8.90. The summed E-state index contributed by atoms with van der Waals surface area (Å²) < 4.78 is 0. The minimum Gasteiger partial charge on any atom is -0.870 e. The monoisotopic (exact) mass is 304 g/mol. The van der Waals surface area contributed by atoms with Crippen molar-refractivity contribution in [3.63, 3.8) is 0 Å². The van der Waals surface area contributed by atoms with Gasteiger partial charge in [-0.15, -0.1) is 0 Å². The first-order valence-corrected chi connectivity index (χ1v) is 7.57. The molecule has 1 N–H and O–H groups in total. The second-order valence-corrected chi connectivity index (χ2v) is 6.27. The van der Waals surface area contributed by atoms with E-state index in [0.29, 0.717) is 0 Å². The standard InChI is InChI=1S/C18H15S.Mg.H2O/c1-4-10-16(11-5-1)19(17-12-6-2-7-13-17)18-14-8-3-9-15-18;;/h1-15H;;1H2/q+1;;/p-1. The molecule has 3 aromatic carbocycles. The Bertz CT molecular complexity index is 535. The van der Waals surface area contributed by atoms with Gasteiger partial charge < -0.3 is 5.48 Å². The third-order valence-electron chi connectivity index (χ3n) is 2.94. The first kappa shape index (κ1) is 17.8. The third kappa shape index (κ3) is 4.35. The van der Waals surface area contributed by atoms with Crippen LogP contribution in [0.4, 0.5) is 0 Å². The van der Waals surface area contributed by atoms with Gasteiger partial charge in [-0.2, -0.15) is 0 Å².